The van der Waals surface area contributed by atoms with E-state index < -0.39 is 16.1 Å². The van der Waals surface area contributed by atoms with Crippen LogP contribution in [0.15, 0.2) is 109 Å². The molecule has 0 unspecified atom stereocenters. The molecule has 0 aliphatic heterocycles. The summed E-state index contributed by atoms with van der Waals surface area (Å²) >= 11 is 1.36. The third kappa shape index (κ3) is 16.6. The Kier molecular flexibility index (Phi) is 26.6. The maximum atomic E-state index is 3.06. The summed E-state index contributed by atoms with van der Waals surface area (Å²) in [6, 6.07) is 42.6. The third-order valence-corrected chi connectivity index (χ3v) is 19.4. The van der Waals surface area contributed by atoms with Gasteiger partial charge in [-0.25, -0.2) is 0 Å². The van der Waals surface area contributed by atoms with Crippen LogP contribution in [0.4, 0.5) is 0 Å². The molecule has 2 fully saturated rings. The molecule has 2 aliphatic carbocycles. The number of hydrogen-bond donors (Lipinski definition) is 0. The number of halogens is 2. The van der Waals surface area contributed by atoms with Crippen molar-refractivity contribution in [2.24, 2.45) is 10.8 Å². The number of rotatable bonds is 12. The van der Waals surface area contributed by atoms with E-state index in [-0.39, 0.29) is 39.7 Å². The molecule has 372 valence electrons. The minimum absolute atomic E-state index is 0. The molecular weight excluding hydrogens is 991 g/mol. The molecule has 2 saturated carbocycles. The van der Waals surface area contributed by atoms with Gasteiger partial charge in [-0.15, -0.1) is 93.9 Å². The Morgan fingerprint density at radius 3 is 1.07 bits per heavy atom. The Morgan fingerprint density at radius 1 is 0.471 bits per heavy atom. The molecule has 0 bridgehead atoms. The van der Waals surface area contributed by atoms with E-state index in [2.05, 4.69) is 169 Å². The normalized spacial score (nSPS) is 15.9. The molecule has 0 N–H and O–H groups in total. The second-order valence-electron chi connectivity index (χ2n) is 22.4. The average Bonchev–Trinajstić information content (AvgIpc) is 3.87. The van der Waals surface area contributed by atoms with Crippen molar-refractivity contribution in [1.29, 1.82) is 0 Å². The zero-order valence-corrected chi connectivity index (χ0v) is 51.4. The first-order valence-corrected chi connectivity index (χ1v) is 36.8. The molecule has 0 spiro atoms. The van der Waals surface area contributed by atoms with Crippen molar-refractivity contribution in [2.45, 2.75) is 182 Å². The van der Waals surface area contributed by atoms with Crippen LogP contribution >= 0.6 is 24.8 Å². The SMILES string of the molecule is CCCC1(Cc2cc3c(-c4ccc([Si](C)(C)C)cc4)cccc3[cH-]2)CCCCCCC1.CCCC1(Cc2cc3c(-c4ccc([Si](C)(C)C)cc4)cccc3[cH-]2)CCCCCCC1.Cl.Cl.[CH3-].[CH3-].[Si]=[Zr]. The number of benzene rings is 4. The number of fused-ring (bicyclic) bond motifs is 2. The summed E-state index contributed by atoms with van der Waals surface area (Å²) in [4.78, 5) is 0. The van der Waals surface area contributed by atoms with Crippen LogP contribution in [0.2, 0.25) is 39.3 Å². The monoisotopic (exact) mass is 1080 g/mol. The van der Waals surface area contributed by atoms with Crippen molar-refractivity contribution in [3.63, 3.8) is 0 Å². The van der Waals surface area contributed by atoms with E-state index in [0.717, 1.165) is 0 Å². The van der Waals surface area contributed by atoms with Gasteiger partial charge in [-0.2, -0.15) is 12.1 Å². The van der Waals surface area contributed by atoms with Crippen LogP contribution in [-0.4, -0.2) is 23.0 Å². The summed E-state index contributed by atoms with van der Waals surface area (Å²) in [5.41, 5.74) is 9.70. The second-order valence-corrected chi connectivity index (χ2v) is 32.5. The first kappa shape index (κ1) is 62.3. The molecule has 0 heterocycles. The molecule has 0 amide bonds. The van der Waals surface area contributed by atoms with Crippen LogP contribution in [-0.2, 0) is 36.2 Å². The average molecular weight is 1080 g/mol. The van der Waals surface area contributed by atoms with Crippen molar-refractivity contribution in [2.75, 3.05) is 0 Å². The van der Waals surface area contributed by atoms with Gasteiger partial charge in [0.1, 0.15) is 0 Å². The van der Waals surface area contributed by atoms with Crippen LogP contribution in [0.5, 0.6) is 0 Å². The zero-order valence-electron chi connectivity index (χ0n) is 44.4. The molecule has 0 nitrogen and oxygen atoms in total. The minimum atomic E-state index is -1.26. The van der Waals surface area contributed by atoms with Gasteiger partial charge in [-0.1, -0.05) is 212 Å². The standard InChI is InChI=1S/2C30H41Si.2CH3.2ClH.Si.Zr/c2*1-5-18-30(19-9-7-6-8-10-20-30)23-24-21-26-12-11-13-28(29(26)22-24)25-14-16-27(17-15-25)31(2,3)4;;;;;;/h2*11-17,21-22H,5-10,18-20,23H2,1-4H3;2*1H3;2*1H;;/q4*-1;;;;. The molecule has 2 radical (unpaired) electrons. The van der Waals surface area contributed by atoms with Crippen LogP contribution in [0.1, 0.15) is 141 Å². The van der Waals surface area contributed by atoms with Crippen molar-refractivity contribution >= 4 is 79.8 Å². The fraction of sp³-hybridized carbons (Fsp3) is 0.484. The molecule has 6 aromatic carbocycles. The molecular formula is C62H90Cl2Si3Zr-4. The number of hydrogen-bond acceptors (Lipinski definition) is 0. The van der Waals surface area contributed by atoms with Crippen LogP contribution < -0.4 is 10.4 Å². The fourth-order valence-corrected chi connectivity index (χ4v) is 14.2. The van der Waals surface area contributed by atoms with Gasteiger partial charge >= 0.3 is 30.2 Å². The summed E-state index contributed by atoms with van der Waals surface area (Å²) in [6.45, 7) is 22.4. The molecule has 6 aromatic rings. The van der Waals surface area contributed by atoms with Gasteiger partial charge in [-0.3, -0.25) is 0 Å². The molecule has 0 atom stereocenters. The Hall–Kier alpha value is -1.79. The Bertz CT molecular complexity index is 2160. The van der Waals surface area contributed by atoms with E-state index in [9.17, 15) is 0 Å². The topological polar surface area (TPSA) is 0 Å². The van der Waals surface area contributed by atoms with Gasteiger partial charge in [0.15, 0.2) is 0 Å². The Labute approximate surface area is 449 Å². The van der Waals surface area contributed by atoms with E-state index >= 15 is 0 Å². The van der Waals surface area contributed by atoms with Crippen molar-refractivity contribution < 1.29 is 23.3 Å². The molecule has 0 saturated heterocycles. The third-order valence-electron chi connectivity index (χ3n) is 15.3. The van der Waals surface area contributed by atoms with E-state index in [1.807, 2.05) is 0 Å². The summed E-state index contributed by atoms with van der Waals surface area (Å²) < 4.78 is 0. The molecule has 6 heteroatoms. The van der Waals surface area contributed by atoms with Crippen molar-refractivity contribution in [1.82, 2.24) is 0 Å². The first-order valence-electron chi connectivity index (χ1n) is 25.6. The van der Waals surface area contributed by atoms with E-state index in [1.54, 1.807) is 11.1 Å². The van der Waals surface area contributed by atoms with Gasteiger partial charge < -0.3 is 14.9 Å². The predicted molar refractivity (Wildman–Crippen MR) is 316 cm³/mol. The second kappa shape index (κ2) is 29.0. The van der Waals surface area contributed by atoms with E-state index in [1.165, 1.54) is 206 Å². The fourth-order valence-electron chi connectivity index (χ4n) is 11.9. The predicted octanol–water partition coefficient (Wildman–Crippen LogP) is 19.0. The van der Waals surface area contributed by atoms with Crippen molar-refractivity contribution in [3.05, 3.63) is 135 Å². The summed E-state index contributed by atoms with van der Waals surface area (Å²) in [7, 11) is -2.51. The van der Waals surface area contributed by atoms with Crippen LogP contribution in [0, 0.1) is 25.7 Å². The van der Waals surface area contributed by atoms with Gasteiger partial charge in [0.05, 0.1) is 16.1 Å². The van der Waals surface area contributed by atoms with E-state index in [0.29, 0.717) is 10.8 Å². The van der Waals surface area contributed by atoms with Gasteiger partial charge in [0.2, 0.25) is 0 Å². The molecule has 2 aliphatic rings. The Balaban J connectivity index is 0.000000426. The molecule has 68 heavy (non-hydrogen) atoms. The Morgan fingerprint density at radius 2 is 0.779 bits per heavy atom. The summed E-state index contributed by atoms with van der Waals surface area (Å²) in [6.07, 6.45) is 28.0. The quantitative estimate of drug-likeness (QED) is 0.0846. The zero-order chi connectivity index (χ0) is 45.8. The molecule has 8 rings (SSSR count). The van der Waals surface area contributed by atoms with Gasteiger partial charge in [-0.05, 0) is 73.3 Å². The maximum absolute atomic E-state index is 3.06. The first-order chi connectivity index (χ1) is 30.8. The molecule has 0 aromatic heterocycles. The van der Waals surface area contributed by atoms with Crippen LogP contribution in [0.25, 0.3) is 43.8 Å². The van der Waals surface area contributed by atoms with Gasteiger partial charge in [0.25, 0.3) is 0 Å². The van der Waals surface area contributed by atoms with Crippen LogP contribution in [0.3, 0.4) is 0 Å². The summed E-state index contributed by atoms with van der Waals surface area (Å²) in [5.74, 6) is 0. The van der Waals surface area contributed by atoms with Gasteiger partial charge in [0, 0.05) is 0 Å². The summed E-state index contributed by atoms with van der Waals surface area (Å²) in [5, 5.41) is 8.79. The van der Waals surface area contributed by atoms with E-state index in [4.69, 9.17) is 0 Å². The van der Waals surface area contributed by atoms with Crippen molar-refractivity contribution in [3.8, 4) is 22.3 Å².